The maximum Gasteiger partial charge on any atom is 0.206 e. The Hall–Kier alpha value is -14.5. The van der Waals surface area contributed by atoms with E-state index in [1.807, 2.05) is 97.1 Å². The highest BCUT2D eigenvalue weighted by molar-refractivity contribution is 7.91. The van der Waals surface area contributed by atoms with Crippen molar-refractivity contribution in [3.8, 4) is 80.1 Å². The molecule has 0 aliphatic heterocycles. The van der Waals surface area contributed by atoms with E-state index in [1.54, 1.807) is 127 Å². The summed E-state index contributed by atoms with van der Waals surface area (Å²) in [5.41, 5.74) is 16.6. The van der Waals surface area contributed by atoms with E-state index >= 15 is 0 Å². The van der Waals surface area contributed by atoms with Gasteiger partial charge in [0, 0.05) is 16.4 Å². The third-order valence-electron chi connectivity index (χ3n) is 29.7. The van der Waals surface area contributed by atoms with E-state index < -0.39 is 15.3 Å². The monoisotopic (exact) mass is 1830 g/mol. The van der Waals surface area contributed by atoms with Crippen LogP contribution in [0.1, 0.15) is 174 Å². The highest BCUT2D eigenvalue weighted by Crippen LogP contribution is 2.68. The zero-order valence-electron chi connectivity index (χ0n) is 76.2. The molecule has 0 saturated heterocycles. The van der Waals surface area contributed by atoms with Crippen molar-refractivity contribution in [1.82, 2.24) is 0 Å². The third kappa shape index (κ3) is 19.6. The van der Waals surface area contributed by atoms with Crippen LogP contribution in [0, 0.1) is 35.5 Å². The Labute approximate surface area is 796 Å². The highest BCUT2D eigenvalue weighted by atomic mass is 32.2. The van der Waals surface area contributed by atoms with Crippen LogP contribution in [-0.2, 0) is 36.9 Å². The average molecular weight is 1830 g/mol. The molecule has 0 unspecified atom stereocenters. The minimum atomic E-state index is -3.56. The van der Waals surface area contributed by atoms with E-state index in [2.05, 4.69) is 110 Å². The van der Waals surface area contributed by atoms with E-state index in [1.165, 1.54) is 188 Å². The fraction of sp³-hybridized carbons (Fsp3) is 0.242. The number of carbonyl (C=O) groups is 1. The molecule has 0 amide bonds. The summed E-state index contributed by atoms with van der Waals surface area (Å²) in [7, 11) is -3.56. The van der Waals surface area contributed by atoms with Gasteiger partial charge in [0.2, 0.25) is 9.84 Å². The Balaban J connectivity index is 0.000000114. The molecule has 0 heterocycles. The van der Waals surface area contributed by atoms with Crippen LogP contribution in [0.2, 0.25) is 0 Å². The predicted molar refractivity (Wildman–Crippen MR) is 535 cm³/mol. The fourth-order valence-corrected chi connectivity index (χ4v) is 25.6. The molecule has 14 aromatic carbocycles. The van der Waals surface area contributed by atoms with Crippen LogP contribution in [0.25, 0.3) is 17.2 Å². The molecule has 136 heavy (non-hydrogen) atoms. The molecule has 15 nitrogen and oxygen atoms in total. The molecule has 692 valence electrons. The second-order valence-corrected chi connectivity index (χ2v) is 40.0. The fourth-order valence-electron chi connectivity index (χ4n) is 24.3. The summed E-state index contributed by atoms with van der Waals surface area (Å²) in [4.78, 5) is 12.2. The van der Waals surface area contributed by atoms with E-state index in [0.717, 1.165) is 53.2 Å². The van der Waals surface area contributed by atoms with Crippen molar-refractivity contribution in [2.24, 2.45) is 35.5 Å². The molecule has 10 aliphatic rings. The van der Waals surface area contributed by atoms with Crippen molar-refractivity contribution < 1.29 is 73.8 Å². The number of fused-ring (bicyclic) bond motifs is 3. The number of ether oxygens (including phenoxy) is 2. The zero-order valence-corrected chi connectivity index (χ0v) is 77.0. The van der Waals surface area contributed by atoms with Gasteiger partial charge in [0.05, 0.1) is 15.2 Å². The van der Waals surface area contributed by atoms with Gasteiger partial charge in [0.25, 0.3) is 0 Å². The molecule has 0 spiro atoms. The number of hydrogen-bond donors (Lipinski definition) is 10. The van der Waals surface area contributed by atoms with Gasteiger partial charge < -0.3 is 60.5 Å². The van der Waals surface area contributed by atoms with Crippen LogP contribution < -0.4 is 9.47 Å². The van der Waals surface area contributed by atoms with Crippen LogP contribution in [0.5, 0.6) is 69.0 Å². The van der Waals surface area contributed by atoms with E-state index in [-0.39, 0.29) is 60.2 Å². The molecule has 9 fully saturated rings. The van der Waals surface area contributed by atoms with E-state index in [9.17, 15) is 54.1 Å². The molecule has 14 aromatic rings. The molecule has 0 atom stereocenters. The average Bonchev–Trinajstić information content (AvgIpc) is 1.41. The van der Waals surface area contributed by atoms with Crippen molar-refractivity contribution in [2.45, 2.75) is 140 Å². The van der Waals surface area contributed by atoms with Crippen molar-refractivity contribution in [3.63, 3.8) is 0 Å². The first-order chi connectivity index (χ1) is 65.9. The Morgan fingerprint density at radius 3 is 0.978 bits per heavy atom. The summed E-state index contributed by atoms with van der Waals surface area (Å²) in [6.45, 7) is 7.87. The van der Waals surface area contributed by atoms with Crippen molar-refractivity contribution in [2.75, 3.05) is 13.2 Å². The van der Waals surface area contributed by atoms with Gasteiger partial charge in [-0.05, 0) is 390 Å². The SMILES string of the molecule is C=CCOc1ccc(S(=O)(=O)c2ccc(OCC=C)cc2)cc1.O=C(/C=C/c1ccc(O)cc1)c1ccc(O)cc1.Oc1ccc(C2(c3ccc(O)cc3)C3CC4CC(C3)CC2C4)cc1.Oc1ccc(C2(c3ccc(O)cc3)CCCCC2)cc1.Oc1ccc(C2(c3ccc(O)cc3)c3ccccc3-c3ccccc32)cc1.Oc1ccc(C23CC4CC(C2)CC(c2ccc(O)cc2)(C4)C3)cc1. The lowest BCUT2D eigenvalue weighted by Crippen LogP contribution is -2.56. The summed E-state index contributed by atoms with van der Waals surface area (Å²) in [5, 5.41) is 95.8. The van der Waals surface area contributed by atoms with Gasteiger partial charge in [-0.25, -0.2) is 8.42 Å². The lowest BCUT2D eigenvalue weighted by Gasteiger charge is -2.62. The Morgan fingerprint density at radius 1 is 0.331 bits per heavy atom. The maximum atomic E-state index is 12.6. The molecule has 10 aliphatic carbocycles. The molecule has 0 aromatic heterocycles. The Bertz CT molecular complexity index is 6240. The number of aromatic hydroxyl groups is 10. The lowest BCUT2D eigenvalue weighted by atomic mass is 9.42. The van der Waals surface area contributed by atoms with Crippen LogP contribution in [0.4, 0.5) is 0 Å². The molecule has 24 rings (SSSR count). The lowest BCUT2D eigenvalue weighted by molar-refractivity contribution is -0.0418. The molecular formula is C120H116O15S. The zero-order chi connectivity index (χ0) is 94.8. The topological polar surface area (TPSA) is 272 Å². The van der Waals surface area contributed by atoms with Gasteiger partial charge in [-0.1, -0.05) is 208 Å². The molecular weight excluding hydrogens is 1710 g/mol. The van der Waals surface area contributed by atoms with Crippen molar-refractivity contribution in [1.29, 1.82) is 0 Å². The summed E-state index contributed by atoms with van der Waals surface area (Å²) in [6, 6.07) is 104. The smallest absolute Gasteiger partial charge is 0.206 e. The largest absolute Gasteiger partial charge is 0.508 e. The Morgan fingerprint density at radius 2 is 0.632 bits per heavy atom. The number of allylic oxidation sites excluding steroid dienone is 1. The first-order valence-electron chi connectivity index (χ1n) is 47.2. The first kappa shape index (κ1) is 93.3. The van der Waals surface area contributed by atoms with E-state index in [0.29, 0.717) is 76.6 Å². The maximum absolute atomic E-state index is 12.6. The van der Waals surface area contributed by atoms with Crippen LogP contribution >= 0.6 is 0 Å². The number of carbonyl (C=O) groups excluding carboxylic acids is 1. The van der Waals surface area contributed by atoms with Gasteiger partial charge in [-0.3, -0.25) is 4.79 Å². The standard InChI is InChI=1S/C25H18O2.2C22H24O2.C18H18O4S.C18H20O2.C15H12O3/c26-19-13-9-17(10-14-19)25(18-11-15-20(27)16-12-18)23-7-3-1-5-21(23)22-6-2-4-8-24(22)25;23-19-5-1-17(2-6-19)21-10-15-9-16(11-21)13-22(12-15,14-21)18-3-7-20(24)8-4-18;23-20-5-1-16(2-6-20)22(17-3-7-21(24)8-4-17)18-10-14-9-15(12-18)13-19(22)11-14;1-3-13-21-15-5-9-17(10-6-15)23(19,20)18-11-7-16(8-12-18)22-14-4-2;19-16-8-4-14(5-9-16)18(12-2-1-3-13-18)15-6-10-17(20)11-7-15;16-13-6-1-11(2-7-13)3-10-15(18)12-4-8-14(17)9-5-12/h1-16,26-27H;1-8,15-16,23-24H,9-14H2;1-8,14-15,18-19,23-24H,9-13H2;3-12H,1-2,13-14H2;4-11,19-20H,1-3,12-13H2;1-10,16-17H/b;;;;;10-3+. The molecule has 10 N–H and O–H groups in total. The number of rotatable bonds is 19. The first-order valence-corrected chi connectivity index (χ1v) is 48.6. The number of ketones is 1. The minimum Gasteiger partial charge on any atom is -0.508 e. The van der Waals surface area contributed by atoms with Crippen molar-refractivity contribution >= 4 is 21.7 Å². The molecule has 0 radical (unpaired) electrons. The van der Waals surface area contributed by atoms with Crippen molar-refractivity contribution in [3.05, 3.63) is 438 Å². The van der Waals surface area contributed by atoms with Crippen LogP contribution in [0.3, 0.4) is 0 Å². The molecule has 16 heteroatoms. The van der Waals surface area contributed by atoms with Gasteiger partial charge >= 0.3 is 0 Å². The van der Waals surface area contributed by atoms with Crippen LogP contribution in [-0.4, -0.2) is 78.5 Å². The third-order valence-corrected chi connectivity index (χ3v) is 31.5. The number of sulfone groups is 1. The minimum absolute atomic E-state index is 0.0274. The normalized spacial score (nSPS) is 20.9. The summed E-state index contributed by atoms with van der Waals surface area (Å²) < 4.78 is 35.8. The quantitative estimate of drug-likeness (QED) is 0.0205. The van der Waals surface area contributed by atoms with E-state index in [4.69, 9.17) is 19.7 Å². The second-order valence-electron chi connectivity index (χ2n) is 38.0. The number of phenols is 10. The summed E-state index contributed by atoms with van der Waals surface area (Å²) in [6.07, 6.45) is 26.9. The summed E-state index contributed by atoms with van der Waals surface area (Å²) in [5.74, 6) is 8.70. The predicted octanol–water partition coefficient (Wildman–Crippen LogP) is 26.2. The van der Waals surface area contributed by atoms with Gasteiger partial charge in [-0.2, -0.15) is 0 Å². The summed E-state index contributed by atoms with van der Waals surface area (Å²) >= 11 is 0. The highest BCUT2D eigenvalue weighted by Gasteiger charge is 2.60. The Kier molecular flexibility index (Phi) is 27.7. The second kappa shape index (κ2) is 40.4. The van der Waals surface area contributed by atoms with Gasteiger partial charge in [0.15, 0.2) is 5.78 Å². The number of phenolic OH excluding ortho intramolecular Hbond substituents is 10. The van der Waals surface area contributed by atoms with Gasteiger partial charge in [0.1, 0.15) is 82.2 Å². The molecule has 9 saturated carbocycles. The van der Waals surface area contributed by atoms with Crippen LogP contribution in [0.15, 0.2) is 381 Å². The van der Waals surface area contributed by atoms with Gasteiger partial charge in [-0.15, -0.1) is 0 Å². The molecule has 8 bridgehead atoms. The number of benzene rings is 14. The number of hydrogen-bond acceptors (Lipinski definition) is 15.